The Morgan fingerprint density at radius 2 is 0.912 bits per heavy atom. The van der Waals surface area contributed by atoms with Gasteiger partial charge in [0.2, 0.25) is 0 Å². The minimum absolute atomic E-state index is 0.547. The van der Waals surface area contributed by atoms with Crippen LogP contribution in [-0.4, -0.2) is 19.5 Å². The maximum atomic E-state index is 5.06. The lowest BCUT2D eigenvalue weighted by molar-refractivity contribution is 0.690. The number of aromatic nitrogens is 4. The van der Waals surface area contributed by atoms with E-state index in [1.54, 1.807) is 0 Å². The Morgan fingerprint density at radius 1 is 0.368 bits per heavy atom. The van der Waals surface area contributed by atoms with E-state index in [9.17, 15) is 0 Å². The van der Waals surface area contributed by atoms with Gasteiger partial charge in [-0.15, -0.1) is 0 Å². The van der Waals surface area contributed by atoms with Crippen LogP contribution < -0.4 is 0 Å². The Balaban J connectivity index is 1.09. The van der Waals surface area contributed by atoms with E-state index in [4.69, 9.17) is 15.0 Å². The summed E-state index contributed by atoms with van der Waals surface area (Å²) in [5.74, 6) is 1.95. The quantitative estimate of drug-likeness (QED) is 0.180. The molecule has 0 N–H and O–H groups in total. The Morgan fingerprint density at radius 3 is 1.70 bits per heavy atom. The third kappa shape index (κ3) is 4.73. The molecule has 0 aliphatic carbocycles. The molecule has 4 nitrogen and oxygen atoms in total. The molecule has 10 aromatic rings. The number of hydrogen-bond donors (Lipinski definition) is 0. The van der Waals surface area contributed by atoms with Crippen LogP contribution in [0.1, 0.15) is 22.3 Å². The molecule has 0 saturated heterocycles. The maximum Gasteiger partial charge on any atom is 0.164 e. The average Bonchev–Trinajstić information content (AvgIpc) is 3.63. The summed E-state index contributed by atoms with van der Waals surface area (Å²) < 4.78 is 2.50. The van der Waals surface area contributed by atoms with Crippen LogP contribution in [0.5, 0.6) is 0 Å². The van der Waals surface area contributed by atoms with Crippen LogP contribution in [0.2, 0.25) is 0 Å². The first-order chi connectivity index (χ1) is 28.3. The summed E-state index contributed by atoms with van der Waals surface area (Å²) >= 11 is 1.87. The molecule has 0 saturated carbocycles. The fraction of sp³-hybridized carbons (Fsp3) is 0.0192. The summed E-state index contributed by atoms with van der Waals surface area (Å²) in [5.41, 5.74) is 13.5. The second kappa shape index (κ2) is 12.5. The monoisotopic (exact) mass is 744 g/mol. The molecule has 1 atom stereocenters. The molecule has 0 radical (unpaired) electrons. The highest BCUT2D eigenvalue weighted by molar-refractivity contribution is 7.99. The van der Waals surface area contributed by atoms with Crippen molar-refractivity contribution >= 4 is 33.6 Å². The highest BCUT2D eigenvalue weighted by Gasteiger charge is 2.49. The number of fused-ring (bicyclic) bond motifs is 11. The summed E-state index contributed by atoms with van der Waals surface area (Å²) in [5, 5.41) is 2.55. The van der Waals surface area contributed by atoms with E-state index in [1.165, 1.54) is 59.5 Å². The van der Waals surface area contributed by atoms with Gasteiger partial charge in [-0.1, -0.05) is 169 Å². The SMILES string of the molecule is c1ccc(-c2nc(-c3ccccc3)nc(-c3cccc(-c4ccc5c(c4)C4(c6ccccc6S5)c5ccccc5-n5c6ccccc6c6cccc4c65)c3)n2)cc1. The summed E-state index contributed by atoms with van der Waals surface area (Å²) in [6.45, 7) is 0. The van der Waals surface area contributed by atoms with Gasteiger partial charge in [0.1, 0.15) is 0 Å². The molecule has 8 aromatic carbocycles. The standard InChI is InChI=1S/C52H32N4S/c1-3-15-33(16-4-1)49-53-50(34-17-5-2-6-18-34)55-51(54-49)37-20-13-19-35(31-37)36-29-30-47-43(32-36)52(41-24-9-12-28-46(41)57-47)40-23-8-11-27-45(40)56-44-26-10-7-21-38(44)39-22-14-25-42(52)48(39)56/h1-32H. The van der Waals surface area contributed by atoms with Gasteiger partial charge >= 0.3 is 0 Å². The van der Waals surface area contributed by atoms with Crippen molar-refractivity contribution in [3.05, 3.63) is 216 Å². The van der Waals surface area contributed by atoms with Crippen LogP contribution in [0.25, 0.3) is 72.8 Å². The molecule has 12 rings (SSSR count). The molecule has 1 spiro atoms. The molecule has 5 heteroatoms. The van der Waals surface area contributed by atoms with Crippen LogP contribution in [-0.2, 0) is 5.41 Å². The Labute approximate surface area is 334 Å². The van der Waals surface area contributed by atoms with Gasteiger partial charge in [0.15, 0.2) is 17.5 Å². The number of nitrogens with zero attached hydrogens (tertiary/aromatic N) is 4. The van der Waals surface area contributed by atoms with Gasteiger partial charge in [-0.2, -0.15) is 0 Å². The largest absolute Gasteiger partial charge is 0.309 e. The van der Waals surface area contributed by atoms with Crippen molar-refractivity contribution in [3.8, 4) is 51.0 Å². The molecule has 2 aromatic heterocycles. The molecular formula is C52H32N4S. The summed E-state index contributed by atoms with van der Waals surface area (Å²) in [4.78, 5) is 17.6. The molecule has 2 aliphatic rings. The van der Waals surface area contributed by atoms with Gasteiger partial charge in [0.25, 0.3) is 0 Å². The van der Waals surface area contributed by atoms with Crippen molar-refractivity contribution in [1.82, 2.24) is 19.5 Å². The normalized spacial score (nSPS) is 15.0. The third-order valence-corrected chi connectivity index (χ3v) is 12.8. The first-order valence-electron chi connectivity index (χ1n) is 19.3. The van der Waals surface area contributed by atoms with Crippen LogP contribution in [0.3, 0.4) is 0 Å². The topological polar surface area (TPSA) is 43.6 Å². The molecule has 266 valence electrons. The van der Waals surface area contributed by atoms with E-state index in [0.717, 1.165) is 27.8 Å². The molecule has 0 amide bonds. The van der Waals surface area contributed by atoms with E-state index in [0.29, 0.717) is 17.5 Å². The zero-order valence-electron chi connectivity index (χ0n) is 30.7. The maximum absolute atomic E-state index is 5.06. The van der Waals surface area contributed by atoms with E-state index in [2.05, 4.69) is 138 Å². The summed E-state index contributed by atoms with van der Waals surface area (Å²) in [6.07, 6.45) is 0. The summed E-state index contributed by atoms with van der Waals surface area (Å²) in [7, 11) is 0. The van der Waals surface area contributed by atoms with Crippen LogP contribution in [0.15, 0.2) is 204 Å². The van der Waals surface area contributed by atoms with Gasteiger partial charge in [-0.3, -0.25) is 0 Å². The van der Waals surface area contributed by atoms with Crippen molar-refractivity contribution in [1.29, 1.82) is 0 Å². The molecule has 1 unspecified atom stereocenters. The predicted octanol–water partition coefficient (Wildman–Crippen LogP) is 12.8. The average molecular weight is 745 g/mol. The van der Waals surface area contributed by atoms with E-state index >= 15 is 0 Å². The second-order valence-corrected chi connectivity index (χ2v) is 15.8. The second-order valence-electron chi connectivity index (χ2n) is 14.7. The van der Waals surface area contributed by atoms with Crippen molar-refractivity contribution in [2.45, 2.75) is 15.2 Å². The van der Waals surface area contributed by atoms with Gasteiger partial charge in [0.05, 0.1) is 22.1 Å². The fourth-order valence-electron chi connectivity index (χ4n) is 9.28. The molecule has 0 bridgehead atoms. The van der Waals surface area contributed by atoms with E-state index < -0.39 is 5.41 Å². The lowest BCUT2D eigenvalue weighted by Gasteiger charge is -2.45. The van der Waals surface area contributed by atoms with Crippen molar-refractivity contribution in [2.24, 2.45) is 0 Å². The minimum Gasteiger partial charge on any atom is -0.309 e. The number of hydrogen-bond acceptors (Lipinski definition) is 4. The molecule has 2 aliphatic heterocycles. The summed E-state index contributed by atoms with van der Waals surface area (Å²) in [6, 6.07) is 69.8. The molecule has 4 heterocycles. The first-order valence-corrected chi connectivity index (χ1v) is 20.1. The highest BCUT2D eigenvalue weighted by atomic mass is 32.2. The number of rotatable bonds is 4. The van der Waals surface area contributed by atoms with Crippen molar-refractivity contribution in [2.75, 3.05) is 0 Å². The Hall–Kier alpha value is -7.08. The smallest absolute Gasteiger partial charge is 0.164 e. The van der Waals surface area contributed by atoms with Crippen LogP contribution >= 0.6 is 11.8 Å². The van der Waals surface area contributed by atoms with E-state index in [-0.39, 0.29) is 0 Å². The predicted molar refractivity (Wildman–Crippen MR) is 232 cm³/mol. The molecule has 0 fully saturated rings. The molecule has 57 heavy (non-hydrogen) atoms. The lowest BCUT2D eigenvalue weighted by Crippen LogP contribution is -2.37. The van der Waals surface area contributed by atoms with Gasteiger partial charge in [-0.05, 0) is 69.8 Å². The first kappa shape index (κ1) is 32.2. The van der Waals surface area contributed by atoms with Crippen molar-refractivity contribution in [3.63, 3.8) is 0 Å². The third-order valence-electron chi connectivity index (χ3n) is 11.7. The molecular weight excluding hydrogens is 713 g/mol. The zero-order valence-corrected chi connectivity index (χ0v) is 31.5. The van der Waals surface area contributed by atoms with E-state index in [1.807, 2.05) is 72.4 Å². The Kier molecular flexibility index (Phi) is 7.04. The van der Waals surface area contributed by atoms with Crippen LogP contribution in [0.4, 0.5) is 0 Å². The van der Waals surface area contributed by atoms with Gasteiger partial charge in [-0.25, -0.2) is 15.0 Å². The zero-order chi connectivity index (χ0) is 37.5. The highest BCUT2D eigenvalue weighted by Crippen LogP contribution is 2.60. The van der Waals surface area contributed by atoms with Crippen molar-refractivity contribution < 1.29 is 0 Å². The van der Waals surface area contributed by atoms with Gasteiger partial charge in [0, 0.05) is 37.3 Å². The lowest BCUT2D eigenvalue weighted by atomic mass is 9.62. The van der Waals surface area contributed by atoms with Crippen LogP contribution in [0, 0.1) is 0 Å². The Bertz CT molecular complexity index is 3170. The van der Waals surface area contributed by atoms with Gasteiger partial charge < -0.3 is 4.57 Å². The minimum atomic E-state index is -0.547. The fourth-order valence-corrected chi connectivity index (χ4v) is 10.5. The number of para-hydroxylation sites is 3. The number of benzene rings is 8.